The first kappa shape index (κ1) is 28.8. The van der Waals surface area contributed by atoms with Crippen LogP contribution in [-0.2, 0) is 14.3 Å². The Balaban J connectivity index is 1.93. The van der Waals surface area contributed by atoms with Crippen LogP contribution in [0.3, 0.4) is 0 Å². The van der Waals surface area contributed by atoms with E-state index in [0.29, 0.717) is 29.8 Å². The Morgan fingerprint density at radius 3 is 2.65 bits per heavy atom. The fourth-order valence-corrected chi connectivity index (χ4v) is 5.04. The van der Waals surface area contributed by atoms with Gasteiger partial charge in [0.1, 0.15) is 17.4 Å². The van der Waals surface area contributed by atoms with E-state index in [9.17, 15) is 19.8 Å². The Kier molecular flexibility index (Phi) is 9.48. The predicted molar refractivity (Wildman–Crippen MR) is 143 cm³/mol. The molecule has 0 saturated heterocycles. The number of aliphatic hydroxyl groups is 2. The molecule has 2 aromatic rings. The van der Waals surface area contributed by atoms with Gasteiger partial charge in [-0.2, -0.15) is 0 Å². The number of benzene rings is 1. The lowest BCUT2D eigenvalue weighted by molar-refractivity contribution is -0.156. The molecule has 3 rings (SSSR count). The van der Waals surface area contributed by atoms with Crippen molar-refractivity contribution in [2.75, 3.05) is 0 Å². The fourth-order valence-electron chi connectivity index (χ4n) is 5.04. The molecule has 1 aromatic heterocycles. The number of fused-ring (bicyclic) bond motifs is 1. The second kappa shape index (κ2) is 12.2. The maximum absolute atomic E-state index is 13.5. The number of carbonyl (C=O) groups excluding carboxylic acids is 2. The van der Waals surface area contributed by atoms with Gasteiger partial charge in [0.05, 0.1) is 24.0 Å². The lowest BCUT2D eigenvalue weighted by atomic mass is 9.71. The Hall–Kier alpha value is -2.77. The normalized spacial score (nSPS) is 29.9. The van der Waals surface area contributed by atoms with E-state index >= 15 is 0 Å². The van der Waals surface area contributed by atoms with Gasteiger partial charge in [-0.25, -0.2) is 4.98 Å². The number of rotatable bonds is 3. The van der Waals surface area contributed by atoms with E-state index in [1.807, 2.05) is 32.0 Å². The van der Waals surface area contributed by atoms with Crippen LogP contribution in [0, 0.1) is 24.2 Å². The molecule has 0 spiro atoms. The third kappa shape index (κ3) is 6.96. The van der Waals surface area contributed by atoms with Crippen molar-refractivity contribution in [2.24, 2.45) is 17.3 Å². The highest BCUT2D eigenvalue weighted by molar-refractivity contribution is 5.88. The Labute approximate surface area is 219 Å². The van der Waals surface area contributed by atoms with Crippen molar-refractivity contribution >= 4 is 22.9 Å². The van der Waals surface area contributed by atoms with E-state index in [0.717, 1.165) is 30.4 Å². The average Bonchev–Trinajstić information content (AvgIpc) is 3.22. The molecule has 0 unspecified atom stereocenters. The molecule has 0 bridgehead atoms. The quantitative estimate of drug-likeness (QED) is 0.397. The van der Waals surface area contributed by atoms with Crippen LogP contribution in [0.25, 0.3) is 11.1 Å². The highest BCUT2D eigenvalue weighted by Gasteiger charge is 2.43. The molecule has 0 aliphatic carbocycles. The van der Waals surface area contributed by atoms with Crippen LogP contribution < -0.4 is 0 Å². The van der Waals surface area contributed by atoms with Crippen molar-refractivity contribution in [2.45, 2.75) is 91.5 Å². The summed E-state index contributed by atoms with van der Waals surface area (Å²) in [6.07, 6.45) is 3.89. The van der Waals surface area contributed by atoms with Gasteiger partial charge in [-0.15, -0.1) is 6.58 Å². The van der Waals surface area contributed by atoms with Gasteiger partial charge in [-0.1, -0.05) is 44.6 Å². The molecular weight excluding hydrogens is 470 g/mol. The van der Waals surface area contributed by atoms with E-state index in [1.165, 1.54) is 0 Å². The minimum atomic E-state index is -1.27. The summed E-state index contributed by atoms with van der Waals surface area (Å²) < 4.78 is 11.5. The van der Waals surface area contributed by atoms with E-state index in [-0.39, 0.29) is 18.1 Å². The number of aliphatic hydroxyl groups excluding tert-OH is 2. The minimum absolute atomic E-state index is 0.0992. The van der Waals surface area contributed by atoms with Gasteiger partial charge < -0.3 is 19.4 Å². The van der Waals surface area contributed by atoms with E-state index in [4.69, 9.17) is 9.15 Å². The summed E-state index contributed by atoms with van der Waals surface area (Å²) >= 11 is 0. The first-order chi connectivity index (χ1) is 17.4. The number of aryl methyl sites for hydroxylation is 1. The molecule has 2 heterocycles. The van der Waals surface area contributed by atoms with Crippen molar-refractivity contribution in [3.8, 4) is 0 Å². The van der Waals surface area contributed by atoms with Gasteiger partial charge in [0.25, 0.3) is 0 Å². The monoisotopic (exact) mass is 511 g/mol. The maximum atomic E-state index is 13.5. The summed E-state index contributed by atoms with van der Waals surface area (Å²) in [6, 6.07) is 5.54. The summed E-state index contributed by atoms with van der Waals surface area (Å²) in [5, 5.41) is 22.1. The number of carbonyl (C=O) groups is 2. The topological polar surface area (TPSA) is 110 Å². The van der Waals surface area contributed by atoms with Crippen molar-refractivity contribution in [1.82, 2.24) is 4.98 Å². The smallest absolute Gasteiger partial charge is 0.309 e. The summed E-state index contributed by atoms with van der Waals surface area (Å²) in [6.45, 7) is 12.8. The third-order valence-corrected chi connectivity index (χ3v) is 7.66. The van der Waals surface area contributed by atoms with Crippen LogP contribution in [0.1, 0.15) is 83.8 Å². The maximum Gasteiger partial charge on any atom is 0.309 e. The van der Waals surface area contributed by atoms with Gasteiger partial charge >= 0.3 is 5.97 Å². The van der Waals surface area contributed by atoms with Crippen LogP contribution in [0.5, 0.6) is 0 Å². The Morgan fingerprint density at radius 1 is 1.22 bits per heavy atom. The molecule has 7 heteroatoms. The lowest BCUT2D eigenvalue weighted by Crippen LogP contribution is -2.46. The SMILES string of the molecule is C=CC[C@H]1C(=O)C(C)(C)[C@H](O)CC(=O)O[C@H](c2ccc3oc(C)nc3c2)C/C=C(/C)CCC[C@@H](C)[C@@H]1O. The van der Waals surface area contributed by atoms with Gasteiger partial charge in [-0.05, 0) is 56.2 Å². The van der Waals surface area contributed by atoms with Gasteiger partial charge in [0, 0.05) is 19.3 Å². The van der Waals surface area contributed by atoms with E-state index in [1.54, 1.807) is 26.8 Å². The van der Waals surface area contributed by atoms with E-state index < -0.39 is 35.6 Å². The van der Waals surface area contributed by atoms with Crippen molar-refractivity contribution < 1.29 is 29.0 Å². The van der Waals surface area contributed by atoms with Crippen molar-refractivity contribution in [3.63, 3.8) is 0 Å². The van der Waals surface area contributed by atoms with Gasteiger partial charge in [0.15, 0.2) is 11.5 Å². The first-order valence-corrected chi connectivity index (χ1v) is 13.2. The van der Waals surface area contributed by atoms with Crippen LogP contribution in [0.15, 0.2) is 46.9 Å². The number of esters is 1. The predicted octanol–water partition coefficient (Wildman–Crippen LogP) is 5.78. The molecule has 2 N–H and O–H groups in total. The number of cyclic esters (lactones) is 1. The molecule has 0 radical (unpaired) electrons. The third-order valence-electron chi connectivity index (χ3n) is 7.66. The molecule has 1 aliphatic rings. The van der Waals surface area contributed by atoms with Gasteiger partial charge in [-0.3, -0.25) is 9.59 Å². The number of ether oxygens (including phenoxy) is 1. The van der Waals surface area contributed by atoms with Crippen LogP contribution in [0.2, 0.25) is 0 Å². The molecule has 1 aliphatic heterocycles. The zero-order valence-corrected chi connectivity index (χ0v) is 22.7. The average molecular weight is 512 g/mol. The number of hydrogen-bond donors (Lipinski definition) is 2. The number of allylic oxidation sites excluding steroid dienone is 2. The van der Waals surface area contributed by atoms with Crippen LogP contribution in [0.4, 0.5) is 0 Å². The molecule has 1 aromatic carbocycles. The molecule has 202 valence electrons. The molecule has 37 heavy (non-hydrogen) atoms. The molecule has 0 fully saturated rings. The molecule has 0 saturated carbocycles. The number of Topliss-reactive ketones (excluding diaryl/α,β-unsaturated/α-hetero) is 1. The second-order valence-electron chi connectivity index (χ2n) is 11.0. The van der Waals surface area contributed by atoms with Crippen molar-refractivity contribution in [1.29, 1.82) is 0 Å². The van der Waals surface area contributed by atoms with Crippen LogP contribution >= 0.6 is 0 Å². The number of ketones is 1. The van der Waals surface area contributed by atoms with Crippen LogP contribution in [-0.4, -0.2) is 39.2 Å². The number of oxazole rings is 1. The van der Waals surface area contributed by atoms with Gasteiger partial charge in [0.2, 0.25) is 0 Å². The summed E-state index contributed by atoms with van der Waals surface area (Å²) in [5.41, 5.74) is 2.04. The molecule has 7 nitrogen and oxygen atoms in total. The van der Waals surface area contributed by atoms with Crippen molar-refractivity contribution in [3.05, 3.63) is 54.0 Å². The minimum Gasteiger partial charge on any atom is -0.457 e. The lowest BCUT2D eigenvalue weighted by Gasteiger charge is -2.35. The highest BCUT2D eigenvalue weighted by Crippen LogP contribution is 2.35. The fraction of sp³-hybridized carbons (Fsp3) is 0.567. The second-order valence-corrected chi connectivity index (χ2v) is 11.0. The summed E-state index contributed by atoms with van der Waals surface area (Å²) in [7, 11) is 0. The summed E-state index contributed by atoms with van der Waals surface area (Å²) in [4.78, 5) is 31.0. The standard InChI is InChI=1S/C30H41NO6/c1-7-9-22-28(34)19(3)11-8-10-18(2)12-14-24(21-13-15-25-23(16-21)31-20(4)36-25)37-27(33)17-26(32)30(5,6)29(22)35/h7,12-13,15-16,19,22,24,26,28,32,34H,1,8-11,14,17H2,2-6H3/b18-12-/t19-,22-,24+,26-,28+/m1/s1. The Bertz CT molecular complexity index is 1150. The number of hydrogen-bond acceptors (Lipinski definition) is 7. The molecule has 0 amide bonds. The number of aromatic nitrogens is 1. The summed E-state index contributed by atoms with van der Waals surface area (Å²) in [5.74, 6) is -1.12. The largest absolute Gasteiger partial charge is 0.457 e. The molecular formula is C30H41NO6. The zero-order valence-electron chi connectivity index (χ0n) is 22.7. The number of nitrogens with zero attached hydrogens (tertiary/aromatic N) is 1. The zero-order chi connectivity index (χ0) is 27.3. The highest BCUT2D eigenvalue weighted by atomic mass is 16.5. The first-order valence-electron chi connectivity index (χ1n) is 13.2. The van der Waals surface area contributed by atoms with E-state index in [2.05, 4.69) is 17.6 Å². The molecule has 5 atom stereocenters. The Morgan fingerprint density at radius 2 is 1.95 bits per heavy atom.